The van der Waals surface area contributed by atoms with E-state index in [4.69, 9.17) is 11.6 Å². The maximum atomic E-state index is 14.0. The van der Waals surface area contributed by atoms with Crippen LogP contribution in [0.2, 0.25) is 5.02 Å². The summed E-state index contributed by atoms with van der Waals surface area (Å²) in [6, 6.07) is 11.3. The molecule has 2 N–H and O–H groups in total. The van der Waals surface area contributed by atoms with Gasteiger partial charge in [-0.1, -0.05) is 29.8 Å². The van der Waals surface area contributed by atoms with Gasteiger partial charge in [0, 0.05) is 35.1 Å². The van der Waals surface area contributed by atoms with Gasteiger partial charge in [0.25, 0.3) is 5.91 Å². The molecule has 138 valence electrons. The van der Waals surface area contributed by atoms with Crippen molar-refractivity contribution in [3.05, 3.63) is 75.5 Å². The Hall–Kier alpha value is -2.77. The zero-order valence-corrected chi connectivity index (χ0v) is 15.8. The highest BCUT2D eigenvalue weighted by Gasteiger charge is 2.15. The van der Waals surface area contributed by atoms with Crippen LogP contribution in [0.1, 0.15) is 27.7 Å². The molecule has 3 aromatic rings. The Morgan fingerprint density at radius 2 is 1.96 bits per heavy atom. The van der Waals surface area contributed by atoms with E-state index in [-0.39, 0.29) is 11.5 Å². The third-order valence-corrected chi connectivity index (χ3v) is 4.91. The summed E-state index contributed by atoms with van der Waals surface area (Å²) >= 11 is 7.44. The van der Waals surface area contributed by atoms with Crippen LogP contribution in [-0.4, -0.2) is 16.8 Å². The molecule has 0 aliphatic carbocycles. The number of amides is 2. The van der Waals surface area contributed by atoms with Gasteiger partial charge >= 0.3 is 0 Å². The largest absolute Gasteiger partial charge is 0.326 e. The van der Waals surface area contributed by atoms with Crippen molar-refractivity contribution in [2.24, 2.45) is 0 Å². The summed E-state index contributed by atoms with van der Waals surface area (Å²) in [5.41, 5.74) is 1.12. The van der Waals surface area contributed by atoms with Gasteiger partial charge in [-0.05, 0) is 29.8 Å². The van der Waals surface area contributed by atoms with Gasteiger partial charge in [0.15, 0.2) is 5.13 Å². The van der Waals surface area contributed by atoms with Gasteiger partial charge in [0.05, 0.1) is 5.56 Å². The first kappa shape index (κ1) is 19.0. The molecule has 2 amide bonds. The normalized spacial score (nSPS) is 10.5. The quantitative estimate of drug-likeness (QED) is 0.646. The Labute approximate surface area is 164 Å². The molecular formula is C19H15ClFN3O2S. The van der Waals surface area contributed by atoms with E-state index in [0.717, 1.165) is 16.5 Å². The van der Waals surface area contributed by atoms with Crippen LogP contribution in [0.5, 0.6) is 0 Å². The zero-order valence-electron chi connectivity index (χ0n) is 14.3. The molecule has 0 atom stereocenters. The fourth-order valence-electron chi connectivity index (χ4n) is 2.42. The molecule has 2 aromatic carbocycles. The Kier molecular flexibility index (Phi) is 5.83. The first-order valence-corrected chi connectivity index (χ1v) is 9.18. The van der Waals surface area contributed by atoms with Crippen LogP contribution in [0.25, 0.3) is 0 Å². The summed E-state index contributed by atoms with van der Waals surface area (Å²) in [7, 11) is 0. The molecule has 0 bridgehead atoms. The smallest absolute Gasteiger partial charge is 0.260 e. The van der Waals surface area contributed by atoms with Crippen molar-refractivity contribution in [1.82, 2.24) is 4.98 Å². The van der Waals surface area contributed by atoms with Crippen molar-refractivity contribution in [3.8, 4) is 0 Å². The lowest BCUT2D eigenvalue weighted by molar-refractivity contribution is -0.114. The first-order valence-electron chi connectivity index (χ1n) is 7.99. The van der Waals surface area contributed by atoms with Crippen LogP contribution in [-0.2, 0) is 11.2 Å². The number of thiazole rings is 1. The molecule has 5 nitrogen and oxygen atoms in total. The fourth-order valence-corrected chi connectivity index (χ4v) is 3.45. The Balaban J connectivity index is 1.73. The number of aromatic nitrogens is 1. The van der Waals surface area contributed by atoms with Crippen molar-refractivity contribution >= 4 is 45.6 Å². The fraction of sp³-hybridized carbons (Fsp3) is 0.105. The number of nitrogens with zero attached hydrogens (tertiary/aromatic N) is 1. The van der Waals surface area contributed by atoms with E-state index in [2.05, 4.69) is 15.6 Å². The average Bonchev–Trinajstić information content (AvgIpc) is 3.05. The predicted molar refractivity (Wildman–Crippen MR) is 105 cm³/mol. The minimum atomic E-state index is -0.686. The van der Waals surface area contributed by atoms with Gasteiger partial charge in [0.1, 0.15) is 5.82 Å². The summed E-state index contributed by atoms with van der Waals surface area (Å²) in [6.45, 7) is 1.33. The van der Waals surface area contributed by atoms with E-state index in [1.165, 1.54) is 30.4 Å². The van der Waals surface area contributed by atoms with E-state index < -0.39 is 11.7 Å². The van der Waals surface area contributed by atoms with Crippen molar-refractivity contribution < 1.29 is 14.0 Å². The molecule has 0 radical (unpaired) electrons. The average molecular weight is 404 g/mol. The predicted octanol–water partition coefficient (Wildman–Crippen LogP) is 4.74. The van der Waals surface area contributed by atoms with E-state index in [0.29, 0.717) is 22.3 Å². The van der Waals surface area contributed by atoms with Gasteiger partial charge < -0.3 is 5.32 Å². The molecule has 8 heteroatoms. The molecule has 0 unspecified atom stereocenters. The zero-order chi connectivity index (χ0) is 19.4. The van der Waals surface area contributed by atoms with Gasteiger partial charge in [0.2, 0.25) is 5.91 Å². The van der Waals surface area contributed by atoms with Crippen molar-refractivity contribution in [2.75, 3.05) is 10.6 Å². The maximum Gasteiger partial charge on any atom is 0.260 e. The number of benzene rings is 2. The van der Waals surface area contributed by atoms with Gasteiger partial charge in [-0.15, -0.1) is 11.3 Å². The summed E-state index contributed by atoms with van der Waals surface area (Å²) in [6.07, 6.45) is 2.23. The number of carbonyl (C=O) groups is 2. The van der Waals surface area contributed by atoms with Crippen molar-refractivity contribution in [1.29, 1.82) is 0 Å². The standard InChI is InChI=1S/C19H15ClFN3O2S/c1-11(25)23-13-6-7-17(21)15(9-13)18(26)24-19-22-10-14(27-19)8-12-4-2-3-5-16(12)20/h2-7,9-10H,8H2,1H3,(H,23,25)(H,22,24,26). The number of hydrogen-bond donors (Lipinski definition) is 2. The minimum Gasteiger partial charge on any atom is -0.326 e. The lowest BCUT2D eigenvalue weighted by atomic mass is 10.1. The van der Waals surface area contributed by atoms with Crippen LogP contribution in [0.15, 0.2) is 48.7 Å². The van der Waals surface area contributed by atoms with Crippen LogP contribution in [0.3, 0.4) is 0 Å². The molecule has 1 heterocycles. The number of carbonyl (C=O) groups excluding carboxylic acids is 2. The summed E-state index contributed by atoms with van der Waals surface area (Å²) in [5.74, 6) is -1.63. The van der Waals surface area contributed by atoms with E-state index in [1.807, 2.05) is 24.3 Å². The van der Waals surface area contributed by atoms with Gasteiger partial charge in [-0.3, -0.25) is 14.9 Å². The topological polar surface area (TPSA) is 71.1 Å². The van der Waals surface area contributed by atoms with Crippen LogP contribution >= 0.6 is 22.9 Å². The summed E-state index contributed by atoms with van der Waals surface area (Å²) in [5, 5.41) is 6.11. The molecule has 0 saturated heterocycles. The number of rotatable bonds is 5. The number of nitrogens with one attached hydrogen (secondary N) is 2. The second kappa shape index (κ2) is 8.28. The number of anilines is 2. The highest BCUT2D eigenvalue weighted by atomic mass is 35.5. The first-order chi connectivity index (χ1) is 12.9. The SMILES string of the molecule is CC(=O)Nc1ccc(F)c(C(=O)Nc2ncc(Cc3ccccc3Cl)s2)c1. The molecular weight excluding hydrogens is 389 g/mol. The Bertz CT molecular complexity index is 1010. The molecule has 3 rings (SSSR count). The molecule has 0 fully saturated rings. The Morgan fingerprint density at radius 1 is 1.19 bits per heavy atom. The number of halogens is 2. The van der Waals surface area contributed by atoms with E-state index in [1.54, 1.807) is 6.20 Å². The van der Waals surface area contributed by atoms with Crippen molar-refractivity contribution in [3.63, 3.8) is 0 Å². The molecule has 0 saturated carbocycles. The highest BCUT2D eigenvalue weighted by Crippen LogP contribution is 2.25. The van der Waals surface area contributed by atoms with Crippen LogP contribution in [0.4, 0.5) is 15.2 Å². The summed E-state index contributed by atoms with van der Waals surface area (Å²) < 4.78 is 14.0. The van der Waals surface area contributed by atoms with Gasteiger partial charge in [-0.25, -0.2) is 9.37 Å². The number of hydrogen-bond acceptors (Lipinski definition) is 4. The van der Waals surface area contributed by atoms with Crippen LogP contribution < -0.4 is 10.6 Å². The maximum absolute atomic E-state index is 14.0. The third-order valence-electron chi connectivity index (χ3n) is 3.63. The molecule has 0 aliphatic heterocycles. The highest BCUT2D eigenvalue weighted by molar-refractivity contribution is 7.15. The third kappa shape index (κ3) is 4.90. The monoisotopic (exact) mass is 403 g/mol. The molecule has 0 spiro atoms. The lowest BCUT2D eigenvalue weighted by Gasteiger charge is -2.07. The molecule has 1 aromatic heterocycles. The second-order valence-corrected chi connectivity index (χ2v) is 7.25. The lowest BCUT2D eigenvalue weighted by Crippen LogP contribution is -2.15. The minimum absolute atomic E-state index is 0.177. The summed E-state index contributed by atoms with van der Waals surface area (Å²) in [4.78, 5) is 28.6. The van der Waals surface area contributed by atoms with Crippen molar-refractivity contribution in [2.45, 2.75) is 13.3 Å². The van der Waals surface area contributed by atoms with E-state index >= 15 is 0 Å². The van der Waals surface area contributed by atoms with Crippen LogP contribution in [0, 0.1) is 5.82 Å². The van der Waals surface area contributed by atoms with Gasteiger partial charge in [-0.2, -0.15) is 0 Å². The van der Waals surface area contributed by atoms with E-state index in [9.17, 15) is 14.0 Å². The molecule has 0 aliphatic rings. The molecule has 27 heavy (non-hydrogen) atoms. The Morgan fingerprint density at radius 3 is 2.70 bits per heavy atom. The second-order valence-electron chi connectivity index (χ2n) is 5.73.